The Morgan fingerprint density at radius 3 is 2.00 bits per heavy atom. The van der Waals surface area contributed by atoms with Crippen LogP contribution in [0.1, 0.15) is 41.5 Å². The molecule has 15 heavy (non-hydrogen) atoms. The highest BCUT2D eigenvalue weighted by Gasteiger charge is 2.27. The van der Waals surface area contributed by atoms with Crippen LogP contribution in [0, 0.1) is 5.92 Å². The van der Waals surface area contributed by atoms with Crippen LogP contribution < -0.4 is 0 Å². The molecule has 0 amide bonds. The second-order valence-electron chi connectivity index (χ2n) is 5.28. The third-order valence-electron chi connectivity index (χ3n) is 2.48. The minimum atomic E-state index is -0.978. The predicted molar refractivity (Wildman–Crippen MR) is 63.4 cm³/mol. The Hall–Kier alpha value is -0.315. The van der Waals surface area contributed by atoms with Crippen molar-refractivity contribution in [3.63, 3.8) is 0 Å². The van der Waals surface area contributed by atoms with Crippen molar-refractivity contribution in [3.8, 4) is 0 Å². The Morgan fingerprint density at radius 1 is 1.20 bits per heavy atom. The summed E-state index contributed by atoms with van der Waals surface area (Å²) in [6.07, 6.45) is 1.52. The van der Waals surface area contributed by atoms with Gasteiger partial charge >= 0.3 is 7.12 Å². The van der Waals surface area contributed by atoms with Crippen molar-refractivity contribution in [3.05, 3.63) is 12.1 Å². The molecule has 0 aliphatic heterocycles. The molecule has 0 spiro atoms. The summed E-state index contributed by atoms with van der Waals surface area (Å²) in [6.45, 7) is 11.2. The Kier molecular flexibility index (Phi) is 5.04. The standard InChI is InChI=1S/C11H23BO3/c1-9(2)11(5,6)15-12(14)8-7-10(3,4)13/h7-9,13-14H,1-6H3/b8-7+. The van der Waals surface area contributed by atoms with Gasteiger partial charge < -0.3 is 14.8 Å². The summed E-state index contributed by atoms with van der Waals surface area (Å²) in [4.78, 5) is 0. The molecule has 0 radical (unpaired) electrons. The van der Waals surface area contributed by atoms with Crippen LogP contribution in [0.15, 0.2) is 12.1 Å². The first kappa shape index (κ1) is 14.7. The molecule has 4 heteroatoms. The molecule has 0 bridgehead atoms. The van der Waals surface area contributed by atoms with Crippen LogP contribution >= 0.6 is 0 Å². The molecule has 0 atom stereocenters. The predicted octanol–water partition coefficient (Wildman–Crippen LogP) is 1.78. The molecule has 0 heterocycles. The smallest absolute Gasteiger partial charge is 0.423 e. The van der Waals surface area contributed by atoms with E-state index in [1.807, 2.05) is 27.7 Å². The highest BCUT2D eigenvalue weighted by atomic mass is 16.5. The van der Waals surface area contributed by atoms with Gasteiger partial charge in [0.05, 0.1) is 11.2 Å². The maximum atomic E-state index is 9.58. The van der Waals surface area contributed by atoms with Gasteiger partial charge in [-0.05, 0) is 33.6 Å². The average molecular weight is 214 g/mol. The monoisotopic (exact) mass is 214 g/mol. The second-order valence-corrected chi connectivity index (χ2v) is 5.28. The largest absolute Gasteiger partial charge is 0.483 e. The van der Waals surface area contributed by atoms with E-state index in [1.54, 1.807) is 13.8 Å². The molecule has 88 valence electrons. The minimum absolute atomic E-state index is 0.308. The van der Waals surface area contributed by atoms with Crippen molar-refractivity contribution in [2.75, 3.05) is 0 Å². The van der Waals surface area contributed by atoms with Crippen molar-refractivity contribution >= 4 is 7.12 Å². The van der Waals surface area contributed by atoms with Gasteiger partial charge in [-0.1, -0.05) is 25.9 Å². The van der Waals surface area contributed by atoms with Gasteiger partial charge in [-0.25, -0.2) is 0 Å². The van der Waals surface area contributed by atoms with Crippen LogP contribution in [-0.2, 0) is 4.65 Å². The Balaban J connectivity index is 4.27. The van der Waals surface area contributed by atoms with Gasteiger partial charge in [0.25, 0.3) is 0 Å². The summed E-state index contributed by atoms with van der Waals surface area (Å²) >= 11 is 0. The topological polar surface area (TPSA) is 49.7 Å². The molecule has 0 rings (SSSR count). The van der Waals surface area contributed by atoms with E-state index >= 15 is 0 Å². The average Bonchev–Trinajstić information content (AvgIpc) is 1.98. The van der Waals surface area contributed by atoms with Gasteiger partial charge in [0.1, 0.15) is 0 Å². The zero-order valence-electron chi connectivity index (χ0n) is 10.6. The van der Waals surface area contributed by atoms with Crippen molar-refractivity contribution in [2.45, 2.75) is 52.7 Å². The molecule has 3 nitrogen and oxygen atoms in total. The van der Waals surface area contributed by atoms with Crippen molar-refractivity contribution in [2.24, 2.45) is 5.92 Å². The SMILES string of the molecule is CC(C)C(C)(C)OB(O)/C=C/C(C)(C)O. The molecule has 0 aromatic rings. The molecular weight excluding hydrogens is 191 g/mol. The fraction of sp³-hybridized carbons (Fsp3) is 0.818. The van der Waals surface area contributed by atoms with Crippen LogP contribution in [0.4, 0.5) is 0 Å². The van der Waals surface area contributed by atoms with Gasteiger partial charge in [0.2, 0.25) is 0 Å². The molecule has 0 fully saturated rings. The Bertz CT molecular complexity index is 216. The zero-order chi connectivity index (χ0) is 12.3. The Morgan fingerprint density at radius 2 is 1.67 bits per heavy atom. The van der Waals surface area contributed by atoms with Gasteiger partial charge in [-0.2, -0.15) is 0 Å². The fourth-order valence-electron chi connectivity index (χ4n) is 0.804. The molecule has 0 aromatic carbocycles. The third kappa shape index (κ3) is 6.71. The van der Waals surface area contributed by atoms with Crippen molar-refractivity contribution < 1.29 is 14.8 Å². The summed E-state index contributed by atoms with van der Waals surface area (Å²) in [7, 11) is -0.978. The van der Waals surface area contributed by atoms with Gasteiger partial charge in [0.15, 0.2) is 0 Å². The van der Waals surface area contributed by atoms with Crippen LogP contribution in [0.2, 0.25) is 0 Å². The first-order valence-electron chi connectivity index (χ1n) is 5.32. The molecule has 0 unspecified atom stereocenters. The maximum Gasteiger partial charge on any atom is 0.483 e. The highest BCUT2D eigenvalue weighted by molar-refractivity contribution is 6.49. The lowest BCUT2D eigenvalue weighted by Crippen LogP contribution is -2.37. The molecule has 2 N–H and O–H groups in total. The lowest BCUT2D eigenvalue weighted by molar-refractivity contribution is 0.0415. The van der Waals surface area contributed by atoms with E-state index in [1.165, 1.54) is 12.1 Å². The molecular formula is C11H23BO3. The summed E-state index contributed by atoms with van der Waals surface area (Å²) in [5.74, 6) is 1.77. The first-order chi connectivity index (χ1) is 6.54. The molecule has 0 aliphatic carbocycles. The van der Waals surface area contributed by atoms with Crippen molar-refractivity contribution in [1.29, 1.82) is 0 Å². The first-order valence-corrected chi connectivity index (χ1v) is 5.32. The van der Waals surface area contributed by atoms with E-state index in [0.29, 0.717) is 5.92 Å². The van der Waals surface area contributed by atoms with E-state index < -0.39 is 12.7 Å². The molecule has 0 aliphatic rings. The number of hydrogen-bond donors (Lipinski definition) is 2. The van der Waals surface area contributed by atoms with Crippen molar-refractivity contribution in [1.82, 2.24) is 0 Å². The lowest BCUT2D eigenvalue weighted by Gasteiger charge is -2.30. The summed E-state index contributed by atoms with van der Waals surface area (Å²) in [5, 5.41) is 19.0. The van der Waals surface area contributed by atoms with E-state index in [0.717, 1.165) is 0 Å². The highest BCUT2D eigenvalue weighted by Crippen LogP contribution is 2.21. The number of aliphatic hydroxyl groups is 1. The third-order valence-corrected chi connectivity index (χ3v) is 2.48. The molecule has 0 saturated heterocycles. The number of hydrogen-bond acceptors (Lipinski definition) is 3. The summed E-state index contributed by atoms with van der Waals surface area (Å²) < 4.78 is 5.45. The van der Waals surface area contributed by atoms with Gasteiger partial charge in [-0.15, -0.1) is 0 Å². The quantitative estimate of drug-likeness (QED) is 0.686. The molecule has 0 aromatic heterocycles. The van der Waals surface area contributed by atoms with E-state index in [9.17, 15) is 10.1 Å². The fourth-order valence-corrected chi connectivity index (χ4v) is 0.804. The second kappa shape index (κ2) is 5.15. The lowest BCUT2D eigenvalue weighted by atomic mass is 9.84. The summed E-state index contributed by atoms with van der Waals surface area (Å²) in [5.41, 5.74) is -1.31. The molecule has 0 saturated carbocycles. The van der Waals surface area contributed by atoms with Crippen LogP contribution in [0.5, 0.6) is 0 Å². The van der Waals surface area contributed by atoms with Gasteiger partial charge in [0, 0.05) is 0 Å². The van der Waals surface area contributed by atoms with Gasteiger partial charge in [-0.3, -0.25) is 0 Å². The normalized spacial score (nSPS) is 13.9. The Labute approximate surface area is 93.3 Å². The van der Waals surface area contributed by atoms with Crippen LogP contribution in [-0.4, -0.2) is 28.5 Å². The van der Waals surface area contributed by atoms with E-state index in [4.69, 9.17) is 4.65 Å². The van der Waals surface area contributed by atoms with Crippen LogP contribution in [0.25, 0.3) is 0 Å². The van der Waals surface area contributed by atoms with E-state index in [-0.39, 0.29) is 5.60 Å². The number of rotatable bonds is 5. The minimum Gasteiger partial charge on any atom is -0.423 e. The zero-order valence-corrected chi connectivity index (χ0v) is 10.6. The maximum absolute atomic E-state index is 9.58. The summed E-state index contributed by atoms with van der Waals surface area (Å²) in [6, 6.07) is 0. The van der Waals surface area contributed by atoms with E-state index in [2.05, 4.69) is 0 Å². The van der Waals surface area contributed by atoms with Crippen LogP contribution in [0.3, 0.4) is 0 Å².